The summed E-state index contributed by atoms with van der Waals surface area (Å²) in [6, 6.07) is 3.22. The molecule has 0 spiro atoms. The Balaban J connectivity index is 2.23. The maximum absolute atomic E-state index is 13.2. The smallest absolute Gasteiger partial charge is 0.282 e. The first-order valence-electron chi connectivity index (χ1n) is 9.60. The Bertz CT molecular complexity index is 977. The molecule has 2 rings (SSSR count). The third-order valence-corrected chi connectivity index (χ3v) is 4.57. The molecule has 0 aliphatic carbocycles. The molecule has 0 radical (unpaired) electrons. The van der Waals surface area contributed by atoms with Crippen LogP contribution in [0.15, 0.2) is 64.4 Å². The van der Waals surface area contributed by atoms with Gasteiger partial charge < -0.3 is 20.1 Å². The number of nitrogens with zero attached hydrogens (tertiary/aromatic N) is 3. The lowest BCUT2D eigenvalue weighted by Crippen LogP contribution is -2.58. The van der Waals surface area contributed by atoms with Gasteiger partial charge >= 0.3 is 0 Å². The zero-order valence-corrected chi connectivity index (χ0v) is 18.2. The van der Waals surface area contributed by atoms with Crippen LogP contribution in [0.2, 0.25) is 0 Å². The van der Waals surface area contributed by atoms with Crippen molar-refractivity contribution in [2.75, 3.05) is 34.4 Å². The van der Waals surface area contributed by atoms with Crippen molar-refractivity contribution in [2.45, 2.75) is 5.92 Å². The summed E-state index contributed by atoms with van der Waals surface area (Å²) in [5.74, 6) is -2.99. The van der Waals surface area contributed by atoms with Crippen molar-refractivity contribution in [3.05, 3.63) is 65.5 Å². The number of nitrogens with two attached hydrogens (primary N) is 1. The number of allylic oxidation sites excluding steroid dienone is 4. The molecule has 1 aromatic rings. The summed E-state index contributed by atoms with van der Waals surface area (Å²) >= 11 is 0. The normalized spacial score (nSPS) is 16.6. The fourth-order valence-electron chi connectivity index (χ4n) is 2.99. The third-order valence-electron chi connectivity index (χ3n) is 4.57. The van der Waals surface area contributed by atoms with Gasteiger partial charge in [0.25, 0.3) is 11.8 Å². The molecule has 1 aliphatic heterocycles. The van der Waals surface area contributed by atoms with E-state index < -0.39 is 24.9 Å². The largest absolute Gasteiger partial charge is 0.496 e. The van der Waals surface area contributed by atoms with E-state index in [4.69, 9.17) is 15.2 Å². The zero-order valence-electron chi connectivity index (χ0n) is 18.2. The molecule has 1 aromatic carbocycles. The lowest BCUT2D eigenvalue weighted by Gasteiger charge is -2.39. The number of alkyl halides is 2. The second-order valence-electron chi connectivity index (χ2n) is 6.77. The molecule has 2 N–H and O–H groups in total. The van der Waals surface area contributed by atoms with Crippen LogP contribution in [0.3, 0.4) is 0 Å². The van der Waals surface area contributed by atoms with Crippen molar-refractivity contribution in [2.24, 2.45) is 15.7 Å². The number of aliphatic imine (C=N–C) groups is 2. The van der Waals surface area contributed by atoms with Gasteiger partial charge in [-0.1, -0.05) is 12.7 Å². The van der Waals surface area contributed by atoms with Gasteiger partial charge in [-0.25, -0.2) is 8.78 Å². The number of rotatable bonds is 9. The van der Waals surface area contributed by atoms with Gasteiger partial charge in [0.2, 0.25) is 0 Å². The molecule has 170 valence electrons. The van der Waals surface area contributed by atoms with Crippen LogP contribution in [0.25, 0.3) is 6.08 Å². The van der Waals surface area contributed by atoms with Gasteiger partial charge in [-0.05, 0) is 35.4 Å². The summed E-state index contributed by atoms with van der Waals surface area (Å²) in [7, 11) is 4.43. The summed E-state index contributed by atoms with van der Waals surface area (Å²) < 4.78 is 37.0. The van der Waals surface area contributed by atoms with Crippen LogP contribution in [0.5, 0.6) is 11.5 Å². The molecule has 1 saturated heterocycles. The minimum absolute atomic E-state index is 0.100. The summed E-state index contributed by atoms with van der Waals surface area (Å²) in [5, 5.41) is 0. The SMILES string of the molecule is C=C\C(=C/C=N/C=C/c1cc(OC)c(C(=O)N2CC(F)(F)C2)c(OC)c1)C(C=NC)=CN. The molecule has 9 heteroatoms. The Morgan fingerprint density at radius 2 is 1.84 bits per heavy atom. The second kappa shape index (κ2) is 11.0. The first-order chi connectivity index (χ1) is 15.3. The molecule has 0 bridgehead atoms. The lowest BCUT2D eigenvalue weighted by molar-refractivity contribution is -0.113. The first kappa shape index (κ1) is 24.5. The predicted octanol–water partition coefficient (Wildman–Crippen LogP) is 3.49. The van der Waals surface area contributed by atoms with Gasteiger partial charge in [-0.2, -0.15) is 0 Å². The van der Waals surface area contributed by atoms with Gasteiger partial charge in [0.15, 0.2) is 0 Å². The molecule has 1 fully saturated rings. The third kappa shape index (κ3) is 5.90. The van der Waals surface area contributed by atoms with Crippen LogP contribution in [0.1, 0.15) is 15.9 Å². The summed E-state index contributed by atoms with van der Waals surface area (Å²) in [6.45, 7) is 2.49. The monoisotopic (exact) mass is 444 g/mol. The van der Waals surface area contributed by atoms with Crippen molar-refractivity contribution in [1.82, 2.24) is 4.90 Å². The Kier molecular flexibility index (Phi) is 8.46. The van der Waals surface area contributed by atoms with Crippen LogP contribution >= 0.6 is 0 Å². The summed E-state index contributed by atoms with van der Waals surface area (Å²) in [5.41, 5.74) is 7.78. The van der Waals surface area contributed by atoms with Crippen LogP contribution in [0, 0.1) is 0 Å². The van der Waals surface area contributed by atoms with Gasteiger partial charge in [-0.15, -0.1) is 0 Å². The molecule has 7 nitrogen and oxygen atoms in total. The fourth-order valence-corrected chi connectivity index (χ4v) is 2.99. The van der Waals surface area contributed by atoms with Gasteiger partial charge in [-0.3, -0.25) is 14.8 Å². The number of hydrogen-bond donors (Lipinski definition) is 1. The van der Waals surface area contributed by atoms with E-state index in [1.807, 2.05) is 0 Å². The second-order valence-corrected chi connectivity index (χ2v) is 6.77. The maximum atomic E-state index is 13.2. The lowest BCUT2D eigenvalue weighted by atomic mass is 10.0. The van der Waals surface area contributed by atoms with Crippen molar-refractivity contribution >= 4 is 24.4 Å². The molecule has 1 amide bonds. The molecule has 0 atom stereocenters. The van der Waals surface area contributed by atoms with Crippen LogP contribution in [-0.2, 0) is 0 Å². The minimum atomic E-state index is -2.86. The summed E-state index contributed by atoms with van der Waals surface area (Å²) in [4.78, 5) is 21.8. The predicted molar refractivity (Wildman–Crippen MR) is 123 cm³/mol. The molecule has 1 heterocycles. The Morgan fingerprint density at radius 1 is 1.22 bits per heavy atom. The van der Waals surface area contributed by atoms with Crippen molar-refractivity contribution in [3.63, 3.8) is 0 Å². The molecule has 32 heavy (non-hydrogen) atoms. The van der Waals surface area contributed by atoms with Crippen molar-refractivity contribution < 1.29 is 23.0 Å². The number of carbonyl (C=O) groups excluding carboxylic acids is 1. The molecule has 0 saturated carbocycles. The maximum Gasteiger partial charge on any atom is 0.282 e. The van der Waals surface area contributed by atoms with Crippen LogP contribution in [0.4, 0.5) is 8.78 Å². The number of halogens is 2. The molecule has 1 aliphatic rings. The standard InChI is InChI=1S/C23H26F2N4O3/c1-5-17(18(12-26)13-27-2)7-9-28-8-6-16-10-19(31-3)21(20(11-16)32-4)22(30)29-14-23(24,25)15-29/h5-13H,1,14-15,26H2,2-4H3/b8-6+,17-7+,18-12?,27-13?,28-9+. The number of methoxy groups -OCH3 is 2. The quantitative estimate of drug-likeness (QED) is 0.466. The number of benzene rings is 1. The molecular formula is C23H26F2N4O3. The highest BCUT2D eigenvalue weighted by Gasteiger charge is 2.47. The fraction of sp³-hybridized carbons (Fsp3) is 0.261. The van der Waals surface area contributed by atoms with E-state index in [0.717, 1.165) is 10.5 Å². The van der Waals surface area contributed by atoms with Crippen LogP contribution in [-0.4, -0.2) is 63.5 Å². The Morgan fingerprint density at radius 3 is 2.31 bits per heavy atom. The van der Waals surface area contributed by atoms with E-state index in [1.54, 1.807) is 56.0 Å². The number of amides is 1. The number of carbonyl (C=O) groups is 1. The van der Waals surface area contributed by atoms with Crippen molar-refractivity contribution in [1.29, 1.82) is 0 Å². The highest BCUT2D eigenvalue weighted by molar-refractivity contribution is 6.00. The van der Waals surface area contributed by atoms with Gasteiger partial charge in [0, 0.05) is 37.4 Å². The average molecular weight is 444 g/mol. The Labute approximate surface area is 185 Å². The summed E-state index contributed by atoms with van der Waals surface area (Å²) in [6.07, 6.45) is 11.2. The average Bonchev–Trinajstić information content (AvgIpc) is 2.77. The van der Waals surface area contributed by atoms with Crippen LogP contribution < -0.4 is 15.2 Å². The topological polar surface area (TPSA) is 89.5 Å². The molecule has 0 aromatic heterocycles. The van der Waals surface area contributed by atoms with E-state index in [2.05, 4.69) is 16.6 Å². The highest BCUT2D eigenvalue weighted by atomic mass is 19.3. The molecule has 0 unspecified atom stereocenters. The molecular weight excluding hydrogens is 418 g/mol. The van der Waals surface area contributed by atoms with Crippen molar-refractivity contribution in [3.8, 4) is 11.5 Å². The Hall–Kier alpha value is -3.75. The van der Waals surface area contributed by atoms with Gasteiger partial charge in [0.1, 0.15) is 17.1 Å². The van der Waals surface area contributed by atoms with E-state index in [0.29, 0.717) is 11.1 Å². The number of ether oxygens (including phenoxy) is 2. The van der Waals surface area contributed by atoms with E-state index in [-0.39, 0.29) is 17.1 Å². The number of likely N-dealkylation sites (tertiary alicyclic amines) is 1. The highest BCUT2D eigenvalue weighted by Crippen LogP contribution is 2.36. The number of hydrogen-bond acceptors (Lipinski definition) is 6. The zero-order chi connectivity index (χ0) is 23.7. The minimum Gasteiger partial charge on any atom is -0.496 e. The van der Waals surface area contributed by atoms with Gasteiger partial charge in [0.05, 0.1) is 27.3 Å². The van der Waals surface area contributed by atoms with E-state index in [1.165, 1.54) is 20.4 Å². The van der Waals surface area contributed by atoms with E-state index >= 15 is 0 Å². The van der Waals surface area contributed by atoms with E-state index in [9.17, 15) is 13.6 Å². The first-order valence-corrected chi connectivity index (χ1v) is 9.60.